The molecule has 3 N–H and O–H groups in total. The van der Waals surface area contributed by atoms with Crippen LogP contribution in [0.15, 0.2) is 4.99 Å². The van der Waals surface area contributed by atoms with Crippen LogP contribution < -0.4 is 11.1 Å². The summed E-state index contributed by atoms with van der Waals surface area (Å²) in [6, 6.07) is 0. The maximum atomic E-state index is 11.9. The Labute approximate surface area is 133 Å². The van der Waals surface area contributed by atoms with Gasteiger partial charge in [0, 0.05) is 5.92 Å². The normalized spacial score (nSPS) is 14.7. The van der Waals surface area contributed by atoms with Crippen molar-refractivity contribution in [2.75, 3.05) is 6.61 Å². The topological polar surface area (TPSA) is 107 Å². The van der Waals surface area contributed by atoms with Gasteiger partial charge in [-0.15, -0.1) is 0 Å². The lowest BCUT2D eigenvalue weighted by Crippen LogP contribution is -2.37. The van der Waals surface area contributed by atoms with E-state index in [1.54, 1.807) is 6.92 Å². The Bertz CT molecular complexity index is 593. The van der Waals surface area contributed by atoms with Crippen LogP contribution in [-0.4, -0.2) is 29.4 Å². The Hall–Kier alpha value is -1.96. The number of amides is 1. The molecule has 7 nitrogen and oxygen atoms in total. The van der Waals surface area contributed by atoms with Crippen LogP contribution in [-0.2, 0) is 9.53 Å². The third-order valence-corrected chi connectivity index (χ3v) is 4.15. The number of carbonyl (C=O) groups is 2. The molecule has 22 heavy (non-hydrogen) atoms. The van der Waals surface area contributed by atoms with Gasteiger partial charge in [-0.3, -0.25) is 10.1 Å². The molecule has 0 aliphatic heterocycles. The number of guanidine groups is 1. The predicted molar refractivity (Wildman–Crippen MR) is 84.2 cm³/mol. The molecule has 1 aliphatic rings. The molecule has 1 aromatic rings. The second-order valence-electron chi connectivity index (χ2n) is 5.16. The predicted octanol–water partition coefficient (Wildman–Crippen LogP) is 1.88. The molecule has 0 aromatic carbocycles. The van der Waals surface area contributed by atoms with E-state index in [9.17, 15) is 9.59 Å². The first-order valence-corrected chi connectivity index (χ1v) is 8.12. The van der Waals surface area contributed by atoms with Crippen molar-refractivity contribution in [1.82, 2.24) is 10.3 Å². The summed E-state index contributed by atoms with van der Waals surface area (Å²) in [7, 11) is 0. The number of carbonyl (C=O) groups excluding carboxylic acids is 2. The summed E-state index contributed by atoms with van der Waals surface area (Å²) in [5, 5.41) is 2.86. The molecule has 0 saturated heterocycles. The number of ether oxygens (including phenoxy) is 1. The van der Waals surface area contributed by atoms with Gasteiger partial charge in [0.05, 0.1) is 12.3 Å². The van der Waals surface area contributed by atoms with Crippen LogP contribution >= 0.6 is 11.3 Å². The van der Waals surface area contributed by atoms with Gasteiger partial charge >= 0.3 is 5.97 Å². The van der Waals surface area contributed by atoms with E-state index in [0.29, 0.717) is 22.3 Å². The summed E-state index contributed by atoms with van der Waals surface area (Å²) in [5.41, 5.74) is 6.22. The zero-order valence-electron chi connectivity index (χ0n) is 12.7. The summed E-state index contributed by atoms with van der Waals surface area (Å²) in [4.78, 5) is 32.1. The molecule has 0 radical (unpaired) electrons. The Kier molecular flexibility index (Phi) is 5.48. The van der Waals surface area contributed by atoms with Gasteiger partial charge in [0.25, 0.3) is 0 Å². The van der Waals surface area contributed by atoms with Gasteiger partial charge < -0.3 is 10.5 Å². The molecule has 1 saturated carbocycles. The average Bonchev–Trinajstić information content (AvgIpc) is 3.23. The Morgan fingerprint density at radius 3 is 2.86 bits per heavy atom. The molecule has 0 bridgehead atoms. The number of hydrogen-bond acceptors (Lipinski definition) is 6. The third kappa shape index (κ3) is 4.52. The number of nitrogens with two attached hydrogens (primary N) is 1. The number of aromatic nitrogens is 1. The molecule has 0 unspecified atom stereocenters. The van der Waals surface area contributed by atoms with Crippen molar-refractivity contribution in [3.8, 4) is 0 Å². The zero-order chi connectivity index (χ0) is 16.1. The summed E-state index contributed by atoms with van der Waals surface area (Å²) in [6.45, 7) is 4.13. The van der Waals surface area contributed by atoms with Crippen molar-refractivity contribution in [3.63, 3.8) is 0 Å². The highest BCUT2D eigenvalue weighted by Crippen LogP contribution is 2.29. The molecule has 120 valence electrons. The fourth-order valence-electron chi connectivity index (χ4n) is 1.70. The first kappa shape index (κ1) is 16.4. The number of nitrogens with one attached hydrogen (secondary N) is 1. The first-order valence-electron chi connectivity index (χ1n) is 7.30. The second-order valence-corrected chi connectivity index (χ2v) is 6.14. The molecule has 1 amide bonds. The summed E-state index contributed by atoms with van der Waals surface area (Å²) in [5.74, 6) is -0.466. The van der Waals surface area contributed by atoms with Gasteiger partial charge in [-0.2, -0.15) is 4.99 Å². The van der Waals surface area contributed by atoms with Gasteiger partial charge in [-0.05, 0) is 26.2 Å². The molecule has 1 fully saturated rings. The summed E-state index contributed by atoms with van der Waals surface area (Å²) in [6.07, 6.45) is 3.57. The number of unbranched alkanes of at least 4 members (excludes halogenated alkanes) is 1. The van der Waals surface area contributed by atoms with Crippen LogP contribution in [0.25, 0.3) is 0 Å². The van der Waals surface area contributed by atoms with E-state index in [2.05, 4.69) is 15.3 Å². The Morgan fingerprint density at radius 1 is 1.50 bits per heavy atom. The van der Waals surface area contributed by atoms with Gasteiger partial charge in [0.15, 0.2) is 0 Å². The SMILES string of the molecule is CCCCOC(=O)c1sc(N=C(N)NC(=O)C2CC2)nc1C. The third-order valence-electron chi connectivity index (χ3n) is 3.12. The van der Waals surface area contributed by atoms with E-state index < -0.39 is 5.97 Å². The molecule has 0 spiro atoms. The van der Waals surface area contributed by atoms with E-state index in [1.807, 2.05) is 6.92 Å². The summed E-state index contributed by atoms with van der Waals surface area (Å²) >= 11 is 1.10. The molecule has 1 aliphatic carbocycles. The summed E-state index contributed by atoms with van der Waals surface area (Å²) < 4.78 is 5.15. The lowest BCUT2D eigenvalue weighted by atomic mass is 10.3. The van der Waals surface area contributed by atoms with Crippen LogP contribution in [0.4, 0.5) is 5.13 Å². The van der Waals surface area contributed by atoms with E-state index in [-0.39, 0.29) is 17.8 Å². The largest absolute Gasteiger partial charge is 0.461 e. The number of nitrogens with zero attached hydrogens (tertiary/aromatic N) is 2. The van der Waals surface area contributed by atoms with Crippen LogP contribution in [0.1, 0.15) is 48.0 Å². The van der Waals surface area contributed by atoms with Gasteiger partial charge in [0.2, 0.25) is 17.0 Å². The number of aliphatic imine (C=N–C) groups is 1. The maximum absolute atomic E-state index is 11.9. The number of rotatable bonds is 6. The highest BCUT2D eigenvalue weighted by Gasteiger charge is 2.30. The van der Waals surface area contributed by atoms with Gasteiger partial charge in [0.1, 0.15) is 4.88 Å². The number of thiazole rings is 1. The van der Waals surface area contributed by atoms with Crippen molar-refractivity contribution in [2.45, 2.75) is 39.5 Å². The highest BCUT2D eigenvalue weighted by atomic mass is 32.1. The minimum atomic E-state index is -0.398. The Balaban J connectivity index is 1.98. The first-order chi connectivity index (χ1) is 10.5. The van der Waals surface area contributed by atoms with E-state index in [0.717, 1.165) is 37.0 Å². The monoisotopic (exact) mass is 324 g/mol. The number of hydrogen-bond donors (Lipinski definition) is 2. The fraction of sp³-hybridized carbons (Fsp3) is 0.571. The molecule has 1 aromatic heterocycles. The number of esters is 1. The van der Waals surface area contributed by atoms with E-state index >= 15 is 0 Å². The zero-order valence-corrected chi connectivity index (χ0v) is 13.5. The lowest BCUT2D eigenvalue weighted by molar-refractivity contribution is -0.120. The maximum Gasteiger partial charge on any atom is 0.350 e. The van der Waals surface area contributed by atoms with E-state index in [1.165, 1.54) is 0 Å². The lowest BCUT2D eigenvalue weighted by Gasteiger charge is -2.01. The van der Waals surface area contributed by atoms with Crippen molar-refractivity contribution >= 4 is 34.3 Å². The van der Waals surface area contributed by atoms with Gasteiger partial charge in [-0.1, -0.05) is 24.7 Å². The van der Waals surface area contributed by atoms with Crippen LogP contribution in [0.3, 0.4) is 0 Å². The molecule has 8 heteroatoms. The van der Waals surface area contributed by atoms with Crippen molar-refractivity contribution in [1.29, 1.82) is 0 Å². The molecule has 2 rings (SSSR count). The average molecular weight is 324 g/mol. The van der Waals surface area contributed by atoms with Crippen LogP contribution in [0.2, 0.25) is 0 Å². The molecule has 1 heterocycles. The van der Waals surface area contributed by atoms with Crippen molar-refractivity contribution in [3.05, 3.63) is 10.6 Å². The Morgan fingerprint density at radius 2 is 2.23 bits per heavy atom. The fourth-order valence-corrected chi connectivity index (χ4v) is 2.54. The molecule has 0 atom stereocenters. The second kappa shape index (κ2) is 7.35. The molecular formula is C14H20N4O3S. The van der Waals surface area contributed by atoms with Crippen LogP contribution in [0.5, 0.6) is 0 Å². The quantitative estimate of drug-likeness (QED) is 0.359. The minimum Gasteiger partial charge on any atom is -0.461 e. The standard InChI is InChI=1S/C14H20N4O3S/c1-3-4-7-21-12(20)10-8(2)16-14(22-10)18-13(15)17-11(19)9-5-6-9/h9H,3-7H2,1-2H3,(H3,15,16,17,18,19). The van der Waals surface area contributed by atoms with Crippen LogP contribution in [0, 0.1) is 12.8 Å². The minimum absolute atomic E-state index is 0.00319. The molecular weight excluding hydrogens is 304 g/mol. The number of aryl methyl sites for hydroxylation is 1. The van der Waals surface area contributed by atoms with Gasteiger partial charge in [-0.25, -0.2) is 9.78 Å². The van der Waals surface area contributed by atoms with E-state index in [4.69, 9.17) is 10.5 Å². The smallest absolute Gasteiger partial charge is 0.350 e. The van der Waals surface area contributed by atoms with Crippen molar-refractivity contribution < 1.29 is 14.3 Å². The van der Waals surface area contributed by atoms with Crippen molar-refractivity contribution in [2.24, 2.45) is 16.6 Å². The highest BCUT2D eigenvalue weighted by molar-refractivity contribution is 7.17.